The molecule has 0 unspecified atom stereocenters. The molecule has 1 aliphatic rings. The first kappa shape index (κ1) is 19.6. The quantitative estimate of drug-likeness (QED) is 0.416. The number of carbonyl (C=O) groups is 2. The monoisotopic (exact) mass is 411 g/mol. The highest BCUT2D eigenvalue weighted by atomic mass is 32.2. The number of H-pyrrole nitrogens is 1. The molecular weight excluding hydrogens is 390 g/mol. The zero-order valence-electron chi connectivity index (χ0n) is 14.9. The van der Waals surface area contributed by atoms with Crippen molar-refractivity contribution in [3.63, 3.8) is 0 Å². The smallest absolute Gasteiger partial charge is 0.343 e. The summed E-state index contributed by atoms with van der Waals surface area (Å²) in [6.45, 7) is 0.984. The summed E-state index contributed by atoms with van der Waals surface area (Å²) in [6, 6.07) is 0. The number of thiophene rings is 1. The number of hydrogen-bond donors (Lipinski definition) is 3. The molecule has 0 aromatic carbocycles. The zero-order chi connectivity index (χ0) is 19.4. The minimum Gasteiger partial charge on any atom is -0.385 e. The van der Waals surface area contributed by atoms with Gasteiger partial charge in [-0.1, -0.05) is 11.8 Å². The van der Waals surface area contributed by atoms with E-state index >= 15 is 0 Å². The molecule has 9 nitrogen and oxygen atoms in total. The van der Waals surface area contributed by atoms with E-state index in [1.165, 1.54) is 15.9 Å². The van der Waals surface area contributed by atoms with Crippen LogP contribution in [0.4, 0.5) is 5.00 Å². The molecule has 0 radical (unpaired) electrons. The van der Waals surface area contributed by atoms with Gasteiger partial charge in [-0.3, -0.25) is 14.2 Å². The zero-order valence-corrected chi connectivity index (χ0v) is 16.5. The van der Waals surface area contributed by atoms with E-state index in [1.54, 1.807) is 7.11 Å². The van der Waals surface area contributed by atoms with E-state index in [1.807, 2.05) is 0 Å². The lowest BCUT2D eigenvalue weighted by Crippen LogP contribution is -2.20. The third-order valence-electron chi connectivity index (χ3n) is 4.21. The Bertz CT molecular complexity index is 901. The molecule has 0 saturated carbocycles. The molecule has 0 atom stereocenters. The SMILES string of the molecule is COCCCn1c(SCC(=O)Nc2sc3c(c2C(N)=O)CCC3)n[nH]c1=O. The highest BCUT2D eigenvalue weighted by molar-refractivity contribution is 7.99. The molecule has 0 aliphatic heterocycles. The van der Waals surface area contributed by atoms with E-state index in [-0.39, 0.29) is 17.3 Å². The predicted octanol–water partition coefficient (Wildman–Crippen LogP) is 0.988. The van der Waals surface area contributed by atoms with Gasteiger partial charge in [-0.25, -0.2) is 9.89 Å². The summed E-state index contributed by atoms with van der Waals surface area (Å²) in [5, 5.41) is 10.1. The number of thioether (sulfide) groups is 1. The molecule has 27 heavy (non-hydrogen) atoms. The number of aromatic nitrogens is 3. The summed E-state index contributed by atoms with van der Waals surface area (Å²) in [7, 11) is 1.60. The number of amides is 2. The Morgan fingerprint density at radius 1 is 1.44 bits per heavy atom. The molecule has 2 aromatic rings. The normalized spacial score (nSPS) is 12.9. The van der Waals surface area contributed by atoms with Crippen molar-refractivity contribution in [2.45, 2.75) is 37.4 Å². The maximum absolute atomic E-state index is 12.3. The number of carbonyl (C=O) groups excluding carboxylic acids is 2. The van der Waals surface area contributed by atoms with Crippen LogP contribution in [0.2, 0.25) is 0 Å². The van der Waals surface area contributed by atoms with Gasteiger partial charge >= 0.3 is 5.69 Å². The Hall–Kier alpha value is -2.11. The first-order chi connectivity index (χ1) is 13.0. The molecule has 146 valence electrons. The Kier molecular flexibility index (Phi) is 6.34. The molecule has 0 saturated heterocycles. The average Bonchev–Trinajstić information content (AvgIpc) is 3.28. The van der Waals surface area contributed by atoms with E-state index in [2.05, 4.69) is 15.5 Å². The number of nitrogens with two attached hydrogens (primary N) is 1. The topological polar surface area (TPSA) is 132 Å². The molecule has 2 aromatic heterocycles. The van der Waals surface area contributed by atoms with Gasteiger partial charge in [-0.2, -0.15) is 0 Å². The number of nitrogens with zero attached hydrogens (tertiary/aromatic N) is 2. The van der Waals surface area contributed by atoms with Gasteiger partial charge in [0.05, 0.1) is 11.3 Å². The lowest BCUT2D eigenvalue weighted by Gasteiger charge is -2.07. The summed E-state index contributed by atoms with van der Waals surface area (Å²) in [6.07, 6.45) is 3.39. The number of anilines is 1. The van der Waals surface area contributed by atoms with Crippen LogP contribution in [0, 0.1) is 0 Å². The fourth-order valence-corrected chi connectivity index (χ4v) is 5.11. The summed E-state index contributed by atoms with van der Waals surface area (Å²) in [4.78, 5) is 37.1. The van der Waals surface area contributed by atoms with Gasteiger partial charge in [0.15, 0.2) is 5.16 Å². The second kappa shape index (κ2) is 8.72. The maximum Gasteiger partial charge on any atom is 0.343 e. The molecule has 2 heterocycles. The summed E-state index contributed by atoms with van der Waals surface area (Å²) >= 11 is 2.57. The number of nitrogens with one attached hydrogen (secondary N) is 2. The average molecular weight is 412 g/mol. The van der Waals surface area contributed by atoms with E-state index in [9.17, 15) is 14.4 Å². The molecule has 1 aliphatic carbocycles. The van der Waals surface area contributed by atoms with E-state index < -0.39 is 5.91 Å². The van der Waals surface area contributed by atoms with Crippen molar-refractivity contribution >= 4 is 39.9 Å². The number of fused-ring (bicyclic) bond motifs is 1. The Balaban J connectivity index is 1.63. The van der Waals surface area contributed by atoms with Crippen LogP contribution in [0.25, 0.3) is 0 Å². The van der Waals surface area contributed by atoms with Gasteiger partial charge in [0.25, 0.3) is 5.91 Å². The van der Waals surface area contributed by atoms with Gasteiger partial charge in [-0.15, -0.1) is 16.4 Å². The molecular formula is C16H21N5O4S2. The second-order valence-electron chi connectivity index (χ2n) is 6.07. The van der Waals surface area contributed by atoms with Crippen LogP contribution in [0.1, 0.15) is 33.6 Å². The number of aromatic amines is 1. The summed E-state index contributed by atoms with van der Waals surface area (Å²) in [5.74, 6) is -0.729. The Morgan fingerprint density at radius 2 is 2.26 bits per heavy atom. The largest absolute Gasteiger partial charge is 0.385 e. The third kappa shape index (κ3) is 4.42. The van der Waals surface area contributed by atoms with Crippen molar-refractivity contribution in [1.29, 1.82) is 0 Å². The lowest BCUT2D eigenvalue weighted by atomic mass is 10.1. The van der Waals surface area contributed by atoms with Crippen molar-refractivity contribution in [2.75, 3.05) is 24.8 Å². The van der Waals surface area contributed by atoms with Crippen LogP contribution in [-0.4, -0.2) is 46.0 Å². The summed E-state index contributed by atoms with van der Waals surface area (Å²) in [5.41, 5.74) is 6.58. The number of primary amides is 1. The van der Waals surface area contributed by atoms with Crippen molar-refractivity contribution < 1.29 is 14.3 Å². The van der Waals surface area contributed by atoms with E-state index in [4.69, 9.17) is 10.5 Å². The van der Waals surface area contributed by atoms with Crippen molar-refractivity contribution in [3.8, 4) is 0 Å². The van der Waals surface area contributed by atoms with Crippen molar-refractivity contribution in [2.24, 2.45) is 5.73 Å². The first-order valence-electron chi connectivity index (χ1n) is 8.52. The van der Waals surface area contributed by atoms with Crippen molar-refractivity contribution in [1.82, 2.24) is 14.8 Å². The van der Waals surface area contributed by atoms with Crippen LogP contribution in [0.3, 0.4) is 0 Å². The standard InChI is InChI=1S/C16H21N5O4S2/c1-25-7-3-6-21-15(24)19-20-16(21)26-8-11(22)18-14-12(13(17)23)9-4-2-5-10(9)27-14/h2-8H2,1H3,(H2,17,23)(H,18,22)(H,19,24). The Morgan fingerprint density at radius 3 is 3.00 bits per heavy atom. The number of ether oxygens (including phenoxy) is 1. The fraction of sp³-hybridized carbons (Fsp3) is 0.500. The maximum atomic E-state index is 12.3. The Labute approximate surface area is 163 Å². The second-order valence-corrected chi connectivity index (χ2v) is 8.12. The minimum atomic E-state index is -0.517. The molecule has 4 N–H and O–H groups in total. The lowest BCUT2D eigenvalue weighted by molar-refractivity contribution is -0.113. The highest BCUT2D eigenvalue weighted by Gasteiger charge is 2.26. The predicted molar refractivity (Wildman–Crippen MR) is 104 cm³/mol. The van der Waals surface area contributed by atoms with Crippen LogP contribution in [-0.2, 0) is 28.9 Å². The van der Waals surface area contributed by atoms with Gasteiger partial charge < -0.3 is 15.8 Å². The van der Waals surface area contributed by atoms with Crippen molar-refractivity contribution in [3.05, 3.63) is 26.5 Å². The van der Waals surface area contributed by atoms with E-state index in [0.29, 0.717) is 35.3 Å². The molecule has 0 fully saturated rings. The fourth-order valence-electron chi connectivity index (χ4n) is 3.02. The number of hydrogen-bond acceptors (Lipinski definition) is 7. The highest BCUT2D eigenvalue weighted by Crippen LogP contribution is 2.38. The van der Waals surface area contributed by atoms with Gasteiger partial charge in [0.2, 0.25) is 5.91 Å². The molecule has 11 heteroatoms. The van der Waals surface area contributed by atoms with Gasteiger partial charge in [0.1, 0.15) is 5.00 Å². The molecule has 0 spiro atoms. The third-order valence-corrected chi connectivity index (χ3v) is 6.39. The minimum absolute atomic E-state index is 0.0648. The van der Waals surface area contributed by atoms with E-state index in [0.717, 1.165) is 41.5 Å². The molecule has 0 bridgehead atoms. The number of methoxy groups -OCH3 is 1. The number of aryl methyl sites for hydroxylation is 1. The van der Waals surface area contributed by atoms with Gasteiger partial charge in [0, 0.05) is 25.1 Å². The van der Waals surface area contributed by atoms with Crippen LogP contribution >= 0.6 is 23.1 Å². The number of rotatable bonds is 9. The first-order valence-corrected chi connectivity index (χ1v) is 10.3. The molecule has 2 amide bonds. The van der Waals surface area contributed by atoms with Crippen LogP contribution in [0.15, 0.2) is 9.95 Å². The van der Waals surface area contributed by atoms with Crippen LogP contribution < -0.4 is 16.7 Å². The molecule has 3 rings (SSSR count). The summed E-state index contributed by atoms with van der Waals surface area (Å²) < 4.78 is 6.46. The van der Waals surface area contributed by atoms with Crippen LogP contribution in [0.5, 0.6) is 0 Å². The van der Waals surface area contributed by atoms with Gasteiger partial charge in [-0.05, 0) is 31.2 Å².